The molecule has 7 heteroatoms. The van der Waals surface area contributed by atoms with E-state index in [1.807, 2.05) is 0 Å². The molecule has 2 saturated heterocycles. The van der Waals surface area contributed by atoms with Gasteiger partial charge < -0.3 is 14.2 Å². The van der Waals surface area contributed by atoms with Gasteiger partial charge in [0, 0.05) is 50.5 Å². The van der Waals surface area contributed by atoms with Crippen molar-refractivity contribution in [3.05, 3.63) is 24.3 Å². The summed E-state index contributed by atoms with van der Waals surface area (Å²) in [6, 6.07) is 8.56. The lowest BCUT2D eigenvalue weighted by Gasteiger charge is -2.37. The van der Waals surface area contributed by atoms with Crippen LogP contribution in [0.15, 0.2) is 24.3 Å². The van der Waals surface area contributed by atoms with Crippen molar-refractivity contribution in [3.63, 3.8) is 0 Å². The Kier molecular flexibility index (Phi) is 5.53. The number of nitrogens with zero attached hydrogens (tertiary/aromatic N) is 2. The molecular weight excluding hydrogens is 327 g/mol. The molecule has 1 aromatic carbocycles. The van der Waals surface area contributed by atoms with Gasteiger partial charge in [-0.2, -0.15) is 0 Å². The third kappa shape index (κ3) is 4.39. The Morgan fingerprint density at radius 3 is 2.09 bits per heavy atom. The van der Waals surface area contributed by atoms with Crippen LogP contribution < -0.4 is 10.4 Å². The summed E-state index contributed by atoms with van der Waals surface area (Å²) in [4.78, 5) is 4.67. The van der Waals surface area contributed by atoms with Crippen LogP contribution in [-0.4, -0.2) is 56.1 Å². The largest absolute Gasteiger partial charge is 0.493 e. The molecule has 0 aromatic heterocycles. The number of rotatable bonds is 3. The summed E-state index contributed by atoms with van der Waals surface area (Å²) in [5.41, 5.74) is 2.45. The van der Waals surface area contributed by atoms with E-state index < -0.39 is 0 Å². The normalized spacial score (nSPS) is 22.7. The van der Waals surface area contributed by atoms with Gasteiger partial charge in [0.2, 0.25) is 0 Å². The molecule has 0 radical (unpaired) electrons. The number of hydrogen-bond acceptors (Lipinski definition) is 6. The van der Waals surface area contributed by atoms with Crippen LogP contribution in [0.2, 0.25) is 0 Å². The van der Waals surface area contributed by atoms with E-state index in [1.165, 1.54) is 5.69 Å². The third-order valence-electron chi connectivity index (χ3n) is 4.42. The van der Waals surface area contributed by atoms with E-state index in [9.17, 15) is 0 Å². The number of benzene rings is 1. The zero-order valence-corrected chi connectivity index (χ0v) is 15.6. The minimum Gasteiger partial charge on any atom is -0.407 e. The SMILES string of the molecule is CC1(C)COB(c2ccc(N3CCN(C(S)S)CC3)cc2)OC1. The lowest BCUT2D eigenvalue weighted by molar-refractivity contribution is 0.0343. The highest BCUT2D eigenvalue weighted by Crippen LogP contribution is 2.22. The van der Waals surface area contributed by atoms with Gasteiger partial charge >= 0.3 is 7.12 Å². The molecule has 0 amide bonds. The maximum absolute atomic E-state index is 5.85. The molecule has 0 saturated carbocycles. The highest BCUT2D eigenvalue weighted by Gasteiger charge is 2.33. The highest BCUT2D eigenvalue weighted by atomic mass is 32.2. The monoisotopic (exact) mass is 352 g/mol. The quantitative estimate of drug-likeness (QED) is 0.492. The summed E-state index contributed by atoms with van der Waals surface area (Å²) in [6.07, 6.45) is 0. The van der Waals surface area contributed by atoms with Gasteiger partial charge in [-0.15, -0.1) is 25.3 Å². The van der Waals surface area contributed by atoms with Gasteiger partial charge in [0.25, 0.3) is 0 Å². The molecule has 3 rings (SSSR count). The standard InChI is InChI=1S/C16H25BN2O2S2/c1-16(2)11-20-17(21-12-16)13-3-5-14(6-4-13)18-7-9-19(10-8-18)15(22)23/h3-6,15,22-23H,7-12H2,1-2H3. The van der Waals surface area contributed by atoms with Gasteiger partial charge in [-0.3, -0.25) is 4.90 Å². The number of anilines is 1. The molecule has 2 fully saturated rings. The smallest absolute Gasteiger partial charge is 0.407 e. The first kappa shape index (κ1) is 17.5. The molecule has 0 unspecified atom stereocenters. The second-order valence-electron chi connectivity index (χ2n) is 7.08. The zero-order valence-electron chi connectivity index (χ0n) is 13.8. The lowest BCUT2D eigenvalue weighted by atomic mass is 9.76. The van der Waals surface area contributed by atoms with Gasteiger partial charge in [0.15, 0.2) is 0 Å². The molecule has 2 aliphatic rings. The van der Waals surface area contributed by atoms with Gasteiger partial charge in [-0.25, -0.2) is 0 Å². The second kappa shape index (κ2) is 7.27. The predicted molar refractivity (Wildman–Crippen MR) is 103 cm³/mol. The van der Waals surface area contributed by atoms with E-state index in [2.05, 4.69) is 73.2 Å². The van der Waals surface area contributed by atoms with Crippen molar-refractivity contribution >= 4 is 43.5 Å². The Balaban J connectivity index is 1.58. The van der Waals surface area contributed by atoms with Crippen LogP contribution in [0, 0.1) is 5.41 Å². The first-order chi connectivity index (χ1) is 10.9. The molecule has 126 valence electrons. The fraction of sp³-hybridized carbons (Fsp3) is 0.625. The summed E-state index contributed by atoms with van der Waals surface area (Å²) >= 11 is 8.77. The van der Waals surface area contributed by atoms with Crippen LogP contribution in [-0.2, 0) is 9.31 Å². The third-order valence-corrected chi connectivity index (χ3v) is 5.08. The van der Waals surface area contributed by atoms with E-state index in [1.54, 1.807) is 0 Å². The lowest BCUT2D eigenvalue weighted by Crippen LogP contribution is -2.48. The predicted octanol–water partition coefficient (Wildman–Crippen LogP) is 1.72. The van der Waals surface area contributed by atoms with Crippen molar-refractivity contribution in [1.29, 1.82) is 0 Å². The Morgan fingerprint density at radius 1 is 1.00 bits per heavy atom. The molecule has 1 aromatic rings. The van der Waals surface area contributed by atoms with Crippen molar-refractivity contribution in [2.75, 3.05) is 44.3 Å². The first-order valence-corrected chi connectivity index (χ1v) is 9.16. The molecule has 2 aliphatic heterocycles. The van der Waals surface area contributed by atoms with Crippen LogP contribution in [0.4, 0.5) is 5.69 Å². The van der Waals surface area contributed by atoms with Crippen LogP contribution in [0.25, 0.3) is 0 Å². The van der Waals surface area contributed by atoms with E-state index in [4.69, 9.17) is 9.31 Å². The van der Waals surface area contributed by atoms with Crippen molar-refractivity contribution < 1.29 is 9.31 Å². The fourth-order valence-electron chi connectivity index (χ4n) is 2.94. The average Bonchev–Trinajstić information content (AvgIpc) is 2.55. The molecule has 0 atom stereocenters. The van der Waals surface area contributed by atoms with Crippen LogP contribution in [0.3, 0.4) is 0 Å². The number of piperazine rings is 1. The van der Waals surface area contributed by atoms with Gasteiger partial charge in [0.05, 0.1) is 4.71 Å². The molecular formula is C16H25BN2O2S2. The number of thiol groups is 2. The zero-order chi connectivity index (χ0) is 16.4. The van der Waals surface area contributed by atoms with Gasteiger partial charge in [-0.05, 0) is 17.6 Å². The minimum absolute atomic E-state index is 0.0318. The maximum Gasteiger partial charge on any atom is 0.493 e. The molecule has 0 N–H and O–H groups in total. The van der Waals surface area contributed by atoms with E-state index in [0.717, 1.165) is 44.9 Å². The molecule has 4 nitrogen and oxygen atoms in total. The Labute approximate surface area is 150 Å². The Bertz CT molecular complexity index is 509. The second-order valence-corrected chi connectivity index (χ2v) is 8.46. The van der Waals surface area contributed by atoms with E-state index >= 15 is 0 Å². The van der Waals surface area contributed by atoms with E-state index in [0.29, 0.717) is 0 Å². The van der Waals surface area contributed by atoms with Crippen molar-refractivity contribution in [1.82, 2.24) is 4.90 Å². The summed E-state index contributed by atoms with van der Waals surface area (Å²) in [5, 5.41) is 0. The van der Waals surface area contributed by atoms with Crippen molar-refractivity contribution in [3.8, 4) is 0 Å². The molecule has 0 spiro atoms. The fourth-order valence-corrected chi connectivity index (χ4v) is 3.40. The van der Waals surface area contributed by atoms with E-state index in [-0.39, 0.29) is 17.2 Å². The summed E-state index contributed by atoms with van der Waals surface area (Å²) < 4.78 is 11.7. The maximum atomic E-state index is 5.85. The molecule has 0 aliphatic carbocycles. The first-order valence-electron chi connectivity index (χ1n) is 8.13. The average molecular weight is 352 g/mol. The Morgan fingerprint density at radius 2 is 1.57 bits per heavy atom. The van der Waals surface area contributed by atoms with Crippen molar-refractivity contribution in [2.45, 2.75) is 18.6 Å². The summed E-state index contributed by atoms with van der Waals surface area (Å²) in [7, 11) is -0.233. The van der Waals surface area contributed by atoms with Crippen LogP contribution in [0.1, 0.15) is 13.8 Å². The minimum atomic E-state index is -0.233. The molecule has 2 heterocycles. The number of hydrogen-bond donors (Lipinski definition) is 2. The van der Waals surface area contributed by atoms with Crippen molar-refractivity contribution in [2.24, 2.45) is 5.41 Å². The molecule has 0 bridgehead atoms. The van der Waals surface area contributed by atoms with Crippen LogP contribution >= 0.6 is 25.3 Å². The molecule has 23 heavy (non-hydrogen) atoms. The topological polar surface area (TPSA) is 24.9 Å². The van der Waals surface area contributed by atoms with Gasteiger partial charge in [0.1, 0.15) is 0 Å². The summed E-state index contributed by atoms with van der Waals surface area (Å²) in [5.74, 6) is 0. The highest BCUT2D eigenvalue weighted by molar-refractivity contribution is 7.99. The summed E-state index contributed by atoms with van der Waals surface area (Å²) in [6.45, 7) is 9.76. The van der Waals surface area contributed by atoms with Gasteiger partial charge in [-0.1, -0.05) is 26.0 Å². The van der Waals surface area contributed by atoms with Crippen LogP contribution in [0.5, 0.6) is 0 Å². The Hall–Kier alpha value is -0.335.